The SMILES string of the molecule is [B]=CN(C)C(=O)c1ccc(S(=O)(=O)F)cc1. The number of hydrogen-bond acceptors (Lipinski definition) is 3. The van der Waals surface area contributed by atoms with Crippen molar-refractivity contribution in [2.75, 3.05) is 7.05 Å². The van der Waals surface area contributed by atoms with E-state index in [1.165, 1.54) is 19.2 Å². The quantitative estimate of drug-likeness (QED) is 0.565. The zero-order valence-corrected chi connectivity index (χ0v) is 9.24. The molecule has 0 aliphatic rings. The molecular formula is C9H8BFNO3S. The Bertz CT molecular complexity index is 512. The van der Waals surface area contributed by atoms with E-state index in [0.29, 0.717) is 0 Å². The molecule has 0 heterocycles. The number of hydrogen-bond donors (Lipinski definition) is 0. The minimum absolute atomic E-state index is 0.219. The number of halogens is 1. The van der Waals surface area contributed by atoms with Crippen LogP contribution in [-0.4, -0.2) is 39.9 Å². The molecule has 0 unspecified atom stereocenters. The van der Waals surface area contributed by atoms with Crippen molar-refractivity contribution in [3.8, 4) is 0 Å². The molecule has 0 saturated carbocycles. The summed E-state index contributed by atoms with van der Waals surface area (Å²) >= 11 is 0. The molecule has 83 valence electrons. The molecule has 16 heavy (non-hydrogen) atoms. The van der Waals surface area contributed by atoms with Gasteiger partial charge in [0, 0.05) is 0 Å². The predicted molar refractivity (Wildman–Crippen MR) is 58.6 cm³/mol. The van der Waals surface area contributed by atoms with Crippen LogP contribution in [0.2, 0.25) is 0 Å². The fourth-order valence-corrected chi connectivity index (χ4v) is 1.49. The van der Waals surface area contributed by atoms with Gasteiger partial charge in [0.15, 0.2) is 0 Å². The Kier molecular flexibility index (Phi) is 3.59. The summed E-state index contributed by atoms with van der Waals surface area (Å²) in [5, 5.41) is 0. The fourth-order valence-electron chi connectivity index (χ4n) is 1.03. The Balaban J connectivity index is 3.05. The van der Waals surface area contributed by atoms with Gasteiger partial charge in [0.05, 0.1) is 0 Å². The molecule has 0 spiro atoms. The van der Waals surface area contributed by atoms with Gasteiger partial charge in [-0.1, -0.05) is 0 Å². The summed E-state index contributed by atoms with van der Waals surface area (Å²) in [4.78, 5) is 12.1. The zero-order chi connectivity index (χ0) is 12.3. The van der Waals surface area contributed by atoms with Crippen molar-refractivity contribution in [2.24, 2.45) is 0 Å². The molecule has 0 aromatic heterocycles. The van der Waals surface area contributed by atoms with Gasteiger partial charge < -0.3 is 0 Å². The molecule has 0 aliphatic heterocycles. The molecule has 4 nitrogen and oxygen atoms in total. The van der Waals surface area contributed by atoms with Crippen LogP contribution >= 0.6 is 0 Å². The molecule has 0 saturated heterocycles. The van der Waals surface area contributed by atoms with Gasteiger partial charge in [0.25, 0.3) is 0 Å². The third kappa shape index (κ3) is 2.76. The van der Waals surface area contributed by atoms with Crippen LogP contribution in [0.4, 0.5) is 3.89 Å². The molecular weight excluding hydrogens is 232 g/mol. The van der Waals surface area contributed by atoms with E-state index in [1.807, 2.05) is 0 Å². The summed E-state index contributed by atoms with van der Waals surface area (Å²) < 4.78 is 33.6. The fraction of sp³-hybridized carbons (Fsp3) is 0.111. The van der Waals surface area contributed by atoms with Gasteiger partial charge in [-0.25, -0.2) is 0 Å². The first-order chi connectivity index (χ1) is 7.36. The summed E-state index contributed by atoms with van der Waals surface area (Å²) in [5.41, 5.74) is 0.219. The van der Waals surface area contributed by atoms with Gasteiger partial charge in [0.1, 0.15) is 0 Å². The second-order valence-electron chi connectivity index (χ2n) is 3.03. The second-order valence-corrected chi connectivity index (χ2v) is 4.37. The molecule has 1 rings (SSSR count). The average Bonchev–Trinajstić information content (AvgIpc) is 2.26. The Morgan fingerprint density at radius 1 is 1.38 bits per heavy atom. The Labute approximate surface area is 94.0 Å². The first kappa shape index (κ1) is 12.6. The van der Waals surface area contributed by atoms with Crippen molar-refractivity contribution < 1.29 is 17.1 Å². The normalized spacial score (nSPS) is 10.8. The van der Waals surface area contributed by atoms with Gasteiger partial charge in [-0.15, -0.1) is 0 Å². The second kappa shape index (κ2) is 4.57. The third-order valence-electron chi connectivity index (χ3n) is 1.93. The first-order valence-corrected chi connectivity index (χ1v) is 5.61. The summed E-state index contributed by atoms with van der Waals surface area (Å²) in [6.07, 6.45) is 1.07. The number of rotatable bonds is 3. The summed E-state index contributed by atoms with van der Waals surface area (Å²) in [7, 11) is 1.85. The predicted octanol–water partition coefficient (Wildman–Crippen LogP) is 0.345. The summed E-state index contributed by atoms with van der Waals surface area (Å²) in [6.45, 7) is 0. The Hall–Kier alpha value is -1.50. The summed E-state index contributed by atoms with van der Waals surface area (Å²) in [5.74, 6) is -0.412. The third-order valence-corrected chi connectivity index (χ3v) is 2.76. The number of benzene rings is 1. The summed E-state index contributed by atoms with van der Waals surface area (Å²) in [6, 6.07) is 4.48. The number of carbonyl (C=O) groups excluding carboxylic acids is 1. The van der Waals surface area contributed by atoms with E-state index in [4.69, 9.17) is 7.49 Å². The molecule has 1 aromatic carbocycles. The average molecular weight is 240 g/mol. The van der Waals surface area contributed by atoms with Gasteiger partial charge in [-0.2, -0.15) is 0 Å². The van der Waals surface area contributed by atoms with Crippen molar-refractivity contribution in [2.45, 2.75) is 4.90 Å². The van der Waals surface area contributed by atoms with E-state index >= 15 is 0 Å². The minimum atomic E-state index is -4.73. The standard InChI is InChI=1S/C9H8BFNO3S/c1-12(6-10)9(13)7-2-4-8(5-3-7)16(11,14)15/h2-6H,1H3. The zero-order valence-electron chi connectivity index (χ0n) is 8.42. The van der Waals surface area contributed by atoms with Gasteiger partial charge >= 0.3 is 93.5 Å². The number of nitrogens with zero attached hydrogens (tertiary/aromatic N) is 1. The van der Waals surface area contributed by atoms with Crippen LogP contribution < -0.4 is 0 Å². The van der Waals surface area contributed by atoms with E-state index in [2.05, 4.69) is 0 Å². The van der Waals surface area contributed by atoms with Gasteiger partial charge in [-0.3, -0.25) is 0 Å². The molecule has 1 aromatic rings. The van der Waals surface area contributed by atoms with E-state index in [1.54, 1.807) is 0 Å². The van der Waals surface area contributed by atoms with E-state index < -0.39 is 21.0 Å². The molecule has 7 heteroatoms. The molecule has 1 amide bonds. The van der Waals surface area contributed by atoms with Crippen molar-refractivity contribution in [1.82, 2.24) is 4.90 Å². The molecule has 0 atom stereocenters. The van der Waals surface area contributed by atoms with Gasteiger partial charge in [0.2, 0.25) is 0 Å². The van der Waals surface area contributed by atoms with E-state index in [-0.39, 0.29) is 5.56 Å². The molecule has 1 radical (unpaired) electrons. The number of amides is 1. The molecule has 0 aliphatic carbocycles. The maximum atomic E-state index is 12.5. The Morgan fingerprint density at radius 2 is 1.88 bits per heavy atom. The van der Waals surface area contributed by atoms with Crippen LogP contribution in [0.1, 0.15) is 10.4 Å². The first-order valence-electron chi connectivity index (χ1n) is 4.23. The van der Waals surface area contributed by atoms with Crippen molar-refractivity contribution >= 4 is 29.7 Å². The monoisotopic (exact) mass is 240 g/mol. The van der Waals surface area contributed by atoms with Crippen LogP contribution in [0, 0.1) is 0 Å². The van der Waals surface area contributed by atoms with E-state index in [0.717, 1.165) is 23.1 Å². The Morgan fingerprint density at radius 3 is 2.25 bits per heavy atom. The van der Waals surface area contributed by atoms with Crippen LogP contribution in [0.3, 0.4) is 0 Å². The van der Waals surface area contributed by atoms with Crippen LogP contribution in [-0.2, 0) is 10.2 Å². The van der Waals surface area contributed by atoms with Crippen LogP contribution in [0.5, 0.6) is 0 Å². The van der Waals surface area contributed by atoms with Crippen LogP contribution in [0.25, 0.3) is 0 Å². The van der Waals surface area contributed by atoms with Crippen molar-refractivity contribution in [3.05, 3.63) is 29.8 Å². The maximum absolute atomic E-state index is 12.5. The van der Waals surface area contributed by atoms with E-state index in [9.17, 15) is 17.1 Å². The topological polar surface area (TPSA) is 54.5 Å². The van der Waals surface area contributed by atoms with Crippen LogP contribution in [0.15, 0.2) is 29.2 Å². The molecule has 0 bridgehead atoms. The van der Waals surface area contributed by atoms with Gasteiger partial charge in [-0.05, 0) is 0 Å². The molecule has 0 fully saturated rings. The van der Waals surface area contributed by atoms with Crippen molar-refractivity contribution in [1.29, 1.82) is 0 Å². The molecule has 0 N–H and O–H groups in total. The number of carbonyl (C=O) groups is 1. The van der Waals surface area contributed by atoms with Crippen molar-refractivity contribution in [3.63, 3.8) is 0 Å².